The predicted molar refractivity (Wildman–Crippen MR) is 108 cm³/mol. The number of H-pyrrole nitrogens is 1. The van der Waals surface area contributed by atoms with Crippen LogP contribution in [0, 0.1) is 6.92 Å². The molecular weight excluding hydrogens is 396 g/mol. The molecule has 0 radical (unpaired) electrons. The number of sulfonamides is 1. The summed E-state index contributed by atoms with van der Waals surface area (Å²) < 4.78 is 28.1. The summed E-state index contributed by atoms with van der Waals surface area (Å²) >= 11 is 0. The first kappa shape index (κ1) is 18.7. The fourth-order valence-corrected chi connectivity index (χ4v) is 3.23. The zero-order chi connectivity index (χ0) is 20.6. The number of fused-ring (bicyclic) bond motifs is 1. The van der Waals surface area contributed by atoms with Gasteiger partial charge in [0.05, 0.1) is 10.4 Å². The van der Waals surface area contributed by atoms with Crippen LogP contribution >= 0.6 is 0 Å². The van der Waals surface area contributed by atoms with Crippen LogP contribution in [0.3, 0.4) is 0 Å². The van der Waals surface area contributed by atoms with E-state index in [0.29, 0.717) is 28.3 Å². The first-order valence-electron chi connectivity index (χ1n) is 8.41. The lowest BCUT2D eigenvalue weighted by atomic mass is 10.2. The molecule has 0 aliphatic rings. The lowest BCUT2D eigenvalue weighted by Gasteiger charge is -2.11. The van der Waals surface area contributed by atoms with Crippen molar-refractivity contribution in [2.24, 2.45) is 5.14 Å². The molecule has 0 saturated heterocycles. The second-order valence-electron chi connectivity index (χ2n) is 6.27. The van der Waals surface area contributed by atoms with Gasteiger partial charge in [-0.25, -0.2) is 23.3 Å². The molecule has 2 aromatic heterocycles. The molecule has 5 N–H and O–H groups in total. The number of aryl methyl sites for hydroxylation is 1. The fraction of sp³-hybridized carbons (Fsp3) is 0.0556. The standard InChI is InChI=1S/C18H16N6O4S/c1-10-9-20-17(22-11-3-2-4-13(7-11)29(19,26)27)24-16(10)21-12-5-6-14-15(8-12)28-18(25)23-14/h2-9H,1H3,(H,23,25)(H2,19,26,27)(H2,20,21,22,24). The number of nitrogens with two attached hydrogens (primary N) is 1. The van der Waals surface area contributed by atoms with E-state index in [4.69, 9.17) is 9.56 Å². The van der Waals surface area contributed by atoms with Crippen molar-refractivity contribution >= 4 is 44.3 Å². The van der Waals surface area contributed by atoms with Crippen molar-refractivity contribution in [3.05, 3.63) is 64.8 Å². The summed E-state index contributed by atoms with van der Waals surface area (Å²) in [6.45, 7) is 1.84. The molecule has 0 saturated carbocycles. The molecule has 4 rings (SSSR count). The lowest BCUT2D eigenvalue weighted by molar-refractivity contribution is 0.555. The number of aromatic amines is 1. The topological polar surface area (TPSA) is 156 Å². The molecular formula is C18H16N6O4S. The summed E-state index contributed by atoms with van der Waals surface area (Å²) in [4.78, 5) is 22.5. The summed E-state index contributed by atoms with van der Waals surface area (Å²) in [6.07, 6.45) is 1.62. The molecule has 2 heterocycles. The van der Waals surface area contributed by atoms with Gasteiger partial charge in [-0.1, -0.05) is 6.07 Å². The quantitative estimate of drug-likeness (QED) is 0.389. The maximum Gasteiger partial charge on any atom is 0.417 e. The molecule has 148 valence electrons. The molecule has 11 heteroatoms. The number of nitrogens with zero attached hydrogens (tertiary/aromatic N) is 2. The van der Waals surface area contributed by atoms with E-state index in [1.165, 1.54) is 12.1 Å². The van der Waals surface area contributed by atoms with E-state index in [2.05, 4.69) is 25.6 Å². The molecule has 0 unspecified atom stereocenters. The van der Waals surface area contributed by atoms with Gasteiger partial charge in [0, 0.05) is 29.2 Å². The predicted octanol–water partition coefficient (Wildman–Crippen LogP) is 2.35. The Balaban J connectivity index is 1.61. The van der Waals surface area contributed by atoms with Crippen LogP contribution in [0.15, 0.2) is 62.8 Å². The highest BCUT2D eigenvalue weighted by molar-refractivity contribution is 7.89. The Kier molecular flexibility index (Phi) is 4.53. The summed E-state index contributed by atoms with van der Waals surface area (Å²) in [7, 11) is -3.82. The highest BCUT2D eigenvalue weighted by Gasteiger charge is 2.10. The number of rotatable bonds is 5. The van der Waals surface area contributed by atoms with Crippen molar-refractivity contribution in [2.45, 2.75) is 11.8 Å². The largest absolute Gasteiger partial charge is 0.417 e. The van der Waals surface area contributed by atoms with Crippen LogP contribution in [0.4, 0.5) is 23.1 Å². The zero-order valence-electron chi connectivity index (χ0n) is 15.1. The summed E-state index contributed by atoms with van der Waals surface area (Å²) in [5.74, 6) is 0.268. The van der Waals surface area contributed by atoms with E-state index < -0.39 is 15.8 Å². The number of aromatic nitrogens is 3. The van der Waals surface area contributed by atoms with Crippen molar-refractivity contribution < 1.29 is 12.8 Å². The molecule has 0 bridgehead atoms. The Morgan fingerprint density at radius 1 is 1.10 bits per heavy atom. The van der Waals surface area contributed by atoms with Gasteiger partial charge in [0.2, 0.25) is 16.0 Å². The number of nitrogens with one attached hydrogen (secondary N) is 3. The van der Waals surface area contributed by atoms with Gasteiger partial charge in [0.25, 0.3) is 0 Å². The van der Waals surface area contributed by atoms with Crippen LogP contribution in [-0.2, 0) is 10.0 Å². The molecule has 0 fully saturated rings. The van der Waals surface area contributed by atoms with E-state index in [0.717, 1.165) is 5.56 Å². The van der Waals surface area contributed by atoms with E-state index in [-0.39, 0.29) is 10.8 Å². The van der Waals surface area contributed by atoms with Gasteiger partial charge >= 0.3 is 5.76 Å². The fourth-order valence-electron chi connectivity index (χ4n) is 2.67. The van der Waals surface area contributed by atoms with Crippen LogP contribution in [0.2, 0.25) is 0 Å². The van der Waals surface area contributed by atoms with Crippen molar-refractivity contribution in [1.29, 1.82) is 0 Å². The minimum absolute atomic E-state index is 0.0192. The highest BCUT2D eigenvalue weighted by Crippen LogP contribution is 2.24. The Hall–Kier alpha value is -3.70. The van der Waals surface area contributed by atoms with E-state index >= 15 is 0 Å². The Morgan fingerprint density at radius 3 is 2.69 bits per heavy atom. The molecule has 2 aromatic carbocycles. The van der Waals surface area contributed by atoms with E-state index in [1.54, 1.807) is 36.5 Å². The Morgan fingerprint density at radius 2 is 1.90 bits per heavy atom. The third kappa shape index (κ3) is 4.10. The lowest BCUT2D eigenvalue weighted by Crippen LogP contribution is -2.12. The van der Waals surface area contributed by atoms with Gasteiger partial charge in [-0.2, -0.15) is 4.98 Å². The van der Waals surface area contributed by atoms with Crippen LogP contribution in [-0.4, -0.2) is 23.4 Å². The average molecular weight is 412 g/mol. The Bertz CT molecular complexity index is 1380. The molecule has 4 aromatic rings. The Labute approximate surface area is 164 Å². The number of hydrogen-bond donors (Lipinski definition) is 4. The normalized spacial score (nSPS) is 11.5. The number of hydrogen-bond acceptors (Lipinski definition) is 8. The minimum Gasteiger partial charge on any atom is -0.408 e. The second-order valence-corrected chi connectivity index (χ2v) is 7.83. The number of oxazole rings is 1. The third-order valence-corrected chi connectivity index (χ3v) is 4.99. The molecule has 0 spiro atoms. The van der Waals surface area contributed by atoms with Gasteiger partial charge in [-0.15, -0.1) is 0 Å². The summed E-state index contributed by atoms with van der Waals surface area (Å²) in [5.41, 5.74) is 2.94. The van der Waals surface area contributed by atoms with Gasteiger partial charge < -0.3 is 15.1 Å². The van der Waals surface area contributed by atoms with Crippen molar-refractivity contribution in [2.75, 3.05) is 10.6 Å². The average Bonchev–Trinajstić information content (AvgIpc) is 3.03. The first-order valence-corrected chi connectivity index (χ1v) is 9.96. The van der Waals surface area contributed by atoms with Gasteiger partial charge in [0.15, 0.2) is 5.58 Å². The molecule has 0 aliphatic heterocycles. The van der Waals surface area contributed by atoms with E-state index in [1.807, 2.05) is 6.92 Å². The summed E-state index contributed by atoms with van der Waals surface area (Å²) in [6, 6.07) is 11.2. The van der Waals surface area contributed by atoms with Gasteiger partial charge in [0.1, 0.15) is 5.82 Å². The maximum absolute atomic E-state index is 11.5. The van der Waals surface area contributed by atoms with Crippen molar-refractivity contribution in [3.8, 4) is 0 Å². The third-order valence-electron chi connectivity index (χ3n) is 4.07. The van der Waals surface area contributed by atoms with Crippen LogP contribution in [0.25, 0.3) is 11.1 Å². The van der Waals surface area contributed by atoms with E-state index in [9.17, 15) is 13.2 Å². The van der Waals surface area contributed by atoms with Gasteiger partial charge in [-0.05, 0) is 37.3 Å². The van der Waals surface area contributed by atoms with Crippen LogP contribution in [0.5, 0.6) is 0 Å². The maximum atomic E-state index is 11.5. The summed E-state index contributed by atoms with van der Waals surface area (Å²) in [5, 5.41) is 11.3. The molecule has 0 aliphatic carbocycles. The first-order chi connectivity index (χ1) is 13.8. The molecule has 0 amide bonds. The number of primary sulfonamides is 1. The molecule has 10 nitrogen and oxygen atoms in total. The zero-order valence-corrected chi connectivity index (χ0v) is 15.9. The van der Waals surface area contributed by atoms with Gasteiger partial charge in [-0.3, -0.25) is 4.98 Å². The van der Waals surface area contributed by atoms with Crippen molar-refractivity contribution in [3.63, 3.8) is 0 Å². The van der Waals surface area contributed by atoms with Crippen LogP contribution in [0.1, 0.15) is 5.56 Å². The molecule has 0 atom stereocenters. The highest BCUT2D eigenvalue weighted by atomic mass is 32.2. The van der Waals surface area contributed by atoms with Crippen molar-refractivity contribution in [1.82, 2.24) is 15.0 Å². The minimum atomic E-state index is -3.82. The number of anilines is 4. The monoisotopic (exact) mass is 412 g/mol. The molecule has 29 heavy (non-hydrogen) atoms. The van der Waals surface area contributed by atoms with Crippen LogP contribution < -0.4 is 21.5 Å². The number of benzene rings is 2. The smallest absolute Gasteiger partial charge is 0.408 e. The SMILES string of the molecule is Cc1cnc(Nc2cccc(S(N)(=O)=O)c2)nc1Nc1ccc2[nH]c(=O)oc2c1. The second kappa shape index (κ2) is 7.04.